The Balaban J connectivity index is 2.54. The van der Waals surface area contributed by atoms with Crippen molar-refractivity contribution < 1.29 is 18.0 Å². The molecule has 0 radical (unpaired) electrons. The average Bonchev–Trinajstić information content (AvgIpc) is 2.27. The zero-order valence-electron chi connectivity index (χ0n) is 7.69. The van der Waals surface area contributed by atoms with Gasteiger partial charge in [0.1, 0.15) is 5.82 Å². The SMILES string of the molecule is O=C1c2cc(F)ccc2NCCC1(F)F. The van der Waals surface area contributed by atoms with Crippen LogP contribution in [0.2, 0.25) is 0 Å². The predicted molar refractivity (Wildman–Crippen MR) is 48.8 cm³/mol. The number of hydrogen-bond acceptors (Lipinski definition) is 2. The first kappa shape index (κ1) is 10.0. The molecule has 1 heterocycles. The van der Waals surface area contributed by atoms with Crippen molar-refractivity contribution in [3.63, 3.8) is 0 Å². The van der Waals surface area contributed by atoms with Crippen molar-refractivity contribution in [2.75, 3.05) is 11.9 Å². The molecule has 0 unspecified atom stereocenters. The van der Waals surface area contributed by atoms with Crippen LogP contribution in [0.15, 0.2) is 18.2 Å². The summed E-state index contributed by atoms with van der Waals surface area (Å²) in [4.78, 5) is 11.4. The first-order valence-electron chi connectivity index (χ1n) is 4.47. The Morgan fingerprint density at radius 2 is 2.07 bits per heavy atom. The highest BCUT2D eigenvalue weighted by Crippen LogP contribution is 2.31. The number of carbonyl (C=O) groups is 1. The van der Waals surface area contributed by atoms with E-state index in [0.29, 0.717) is 0 Å². The van der Waals surface area contributed by atoms with Crippen LogP contribution in [0.25, 0.3) is 0 Å². The molecule has 1 aliphatic rings. The molecule has 0 saturated heterocycles. The molecule has 15 heavy (non-hydrogen) atoms. The van der Waals surface area contributed by atoms with E-state index < -0.39 is 23.9 Å². The summed E-state index contributed by atoms with van der Waals surface area (Å²) in [6, 6.07) is 3.26. The van der Waals surface area contributed by atoms with E-state index in [2.05, 4.69) is 5.32 Å². The molecule has 0 amide bonds. The Kier molecular flexibility index (Phi) is 2.17. The molecular formula is C10H8F3NO. The highest BCUT2D eigenvalue weighted by atomic mass is 19.3. The number of fused-ring (bicyclic) bond motifs is 1. The molecule has 2 nitrogen and oxygen atoms in total. The number of carbonyl (C=O) groups excluding carboxylic acids is 1. The Morgan fingerprint density at radius 1 is 1.33 bits per heavy atom. The van der Waals surface area contributed by atoms with Crippen LogP contribution in [0, 0.1) is 5.82 Å². The molecule has 1 aromatic rings. The van der Waals surface area contributed by atoms with Gasteiger partial charge in [0.15, 0.2) is 0 Å². The maximum Gasteiger partial charge on any atom is 0.311 e. The van der Waals surface area contributed by atoms with Crippen LogP contribution in [-0.4, -0.2) is 18.3 Å². The highest BCUT2D eigenvalue weighted by molar-refractivity contribution is 6.06. The van der Waals surface area contributed by atoms with Gasteiger partial charge < -0.3 is 5.32 Å². The molecule has 0 saturated carbocycles. The average molecular weight is 215 g/mol. The monoisotopic (exact) mass is 215 g/mol. The smallest absolute Gasteiger partial charge is 0.311 e. The van der Waals surface area contributed by atoms with Gasteiger partial charge in [-0.3, -0.25) is 4.79 Å². The van der Waals surface area contributed by atoms with Gasteiger partial charge in [-0.05, 0) is 18.2 Å². The number of anilines is 1. The molecule has 5 heteroatoms. The minimum atomic E-state index is -3.41. The van der Waals surface area contributed by atoms with Crippen molar-refractivity contribution in [3.05, 3.63) is 29.6 Å². The van der Waals surface area contributed by atoms with Gasteiger partial charge in [-0.25, -0.2) is 4.39 Å². The third kappa shape index (κ3) is 1.69. The summed E-state index contributed by atoms with van der Waals surface area (Å²) >= 11 is 0. The van der Waals surface area contributed by atoms with E-state index in [1.165, 1.54) is 6.07 Å². The van der Waals surface area contributed by atoms with Crippen LogP contribution < -0.4 is 5.32 Å². The minimum Gasteiger partial charge on any atom is -0.384 e. The van der Waals surface area contributed by atoms with E-state index in [9.17, 15) is 18.0 Å². The summed E-state index contributed by atoms with van der Waals surface area (Å²) in [5.41, 5.74) is -0.0175. The van der Waals surface area contributed by atoms with Gasteiger partial charge in [0.05, 0.1) is 5.56 Å². The quantitative estimate of drug-likeness (QED) is 0.720. The molecule has 0 aromatic heterocycles. The number of alkyl halides is 2. The highest BCUT2D eigenvalue weighted by Gasteiger charge is 2.41. The van der Waals surface area contributed by atoms with Crippen LogP contribution in [0.3, 0.4) is 0 Å². The van der Waals surface area contributed by atoms with Gasteiger partial charge in [0, 0.05) is 18.7 Å². The van der Waals surface area contributed by atoms with E-state index >= 15 is 0 Å². The number of hydrogen-bond donors (Lipinski definition) is 1. The number of halogens is 3. The van der Waals surface area contributed by atoms with Crippen LogP contribution in [-0.2, 0) is 0 Å². The summed E-state index contributed by atoms with van der Waals surface area (Å²) in [6.07, 6.45) is -0.567. The fraction of sp³-hybridized carbons (Fsp3) is 0.300. The number of Topliss-reactive ketones (excluding diaryl/α,β-unsaturated/α-hetero) is 1. The molecule has 1 aromatic carbocycles. The van der Waals surface area contributed by atoms with E-state index in [-0.39, 0.29) is 17.8 Å². The number of rotatable bonds is 0. The van der Waals surface area contributed by atoms with Gasteiger partial charge >= 0.3 is 5.92 Å². The fourth-order valence-electron chi connectivity index (χ4n) is 1.52. The third-order valence-corrected chi connectivity index (χ3v) is 2.31. The topological polar surface area (TPSA) is 29.1 Å². The number of nitrogens with one attached hydrogen (secondary N) is 1. The minimum absolute atomic E-state index is 0.00261. The third-order valence-electron chi connectivity index (χ3n) is 2.31. The van der Waals surface area contributed by atoms with E-state index in [4.69, 9.17) is 0 Å². The lowest BCUT2D eigenvalue weighted by atomic mass is 10.0. The lowest BCUT2D eigenvalue weighted by molar-refractivity contribution is 0.00807. The predicted octanol–water partition coefficient (Wildman–Crippen LogP) is 2.46. The fourth-order valence-corrected chi connectivity index (χ4v) is 1.52. The van der Waals surface area contributed by atoms with Crippen molar-refractivity contribution in [1.29, 1.82) is 0 Å². The molecule has 0 fully saturated rings. The zero-order chi connectivity index (χ0) is 11.1. The molecule has 1 aliphatic heterocycles. The zero-order valence-corrected chi connectivity index (χ0v) is 7.69. The summed E-state index contributed by atoms with van der Waals surface area (Å²) in [6.45, 7) is -0.00261. The first-order chi connectivity index (χ1) is 7.00. The van der Waals surface area contributed by atoms with Gasteiger partial charge in [-0.15, -0.1) is 0 Å². The molecule has 0 atom stereocenters. The van der Waals surface area contributed by atoms with E-state index in [0.717, 1.165) is 12.1 Å². The van der Waals surface area contributed by atoms with Crippen molar-refractivity contribution in [1.82, 2.24) is 0 Å². The maximum absolute atomic E-state index is 13.2. The molecule has 0 spiro atoms. The first-order valence-corrected chi connectivity index (χ1v) is 4.47. The molecule has 0 aliphatic carbocycles. The second kappa shape index (κ2) is 3.25. The van der Waals surface area contributed by atoms with Crippen LogP contribution in [0.5, 0.6) is 0 Å². The Labute approximate surface area is 84.1 Å². The van der Waals surface area contributed by atoms with Gasteiger partial charge in [-0.2, -0.15) is 8.78 Å². The van der Waals surface area contributed by atoms with E-state index in [1.54, 1.807) is 0 Å². The summed E-state index contributed by atoms with van der Waals surface area (Å²) in [5, 5.41) is 2.67. The Bertz CT molecular complexity index is 417. The molecule has 2 rings (SSSR count). The Hall–Kier alpha value is -1.52. The maximum atomic E-state index is 13.2. The second-order valence-electron chi connectivity index (χ2n) is 3.40. The van der Waals surface area contributed by atoms with Crippen LogP contribution in [0.1, 0.15) is 16.8 Å². The van der Waals surface area contributed by atoms with Crippen molar-refractivity contribution in [3.8, 4) is 0 Å². The van der Waals surface area contributed by atoms with Crippen LogP contribution >= 0.6 is 0 Å². The largest absolute Gasteiger partial charge is 0.384 e. The van der Waals surface area contributed by atoms with Gasteiger partial charge in [0.25, 0.3) is 0 Å². The molecule has 80 valence electrons. The molecule has 1 N–H and O–H groups in total. The second-order valence-corrected chi connectivity index (χ2v) is 3.40. The normalized spacial score (nSPS) is 19.0. The molecule has 0 bridgehead atoms. The lowest BCUT2D eigenvalue weighted by Gasteiger charge is -2.10. The summed E-state index contributed by atoms with van der Waals surface area (Å²) < 4.78 is 39.1. The lowest BCUT2D eigenvalue weighted by Crippen LogP contribution is -2.28. The van der Waals surface area contributed by atoms with Gasteiger partial charge in [0.2, 0.25) is 5.78 Å². The standard InChI is InChI=1S/C10H8F3NO/c11-6-1-2-8-7(5-6)9(15)10(12,13)3-4-14-8/h1-2,5,14H,3-4H2. The van der Waals surface area contributed by atoms with Crippen molar-refractivity contribution in [2.45, 2.75) is 12.3 Å². The van der Waals surface area contributed by atoms with E-state index in [1.807, 2.05) is 0 Å². The van der Waals surface area contributed by atoms with Crippen molar-refractivity contribution in [2.24, 2.45) is 0 Å². The number of ketones is 1. The van der Waals surface area contributed by atoms with Crippen LogP contribution in [0.4, 0.5) is 18.9 Å². The summed E-state index contributed by atoms with van der Waals surface area (Å²) in [7, 11) is 0. The number of benzene rings is 1. The molecular weight excluding hydrogens is 207 g/mol. The Morgan fingerprint density at radius 3 is 2.80 bits per heavy atom. The van der Waals surface area contributed by atoms with Crippen molar-refractivity contribution >= 4 is 11.5 Å². The summed E-state index contributed by atoms with van der Waals surface area (Å²) in [5.74, 6) is -5.42. The van der Waals surface area contributed by atoms with Gasteiger partial charge in [-0.1, -0.05) is 0 Å².